The number of aryl methyl sites for hydroxylation is 1. The third-order valence-electron chi connectivity index (χ3n) is 7.47. The van der Waals surface area contributed by atoms with Crippen LogP contribution < -0.4 is 21.1 Å². The lowest BCUT2D eigenvalue weighted by molar-refractivity contribution is -0.110. The Bertz CT molecular complexity index is 1990. The minimum atomic E-state index is -0.628. The van der Waals surface area contributed by atoms with E-state index in [9.17, 15) is 14.4 Å². The SMILES string of the molecule is Cc1cc(N2CCOCC2)ccc1/N=C(\C(=O)Nc1ccccc1Cl)c1nc2c(NC=O)cccc2c(=O)n1-c1ccccc1. The zero-order chi connectivity index (χ0) is 31.3. The molecule has 0 aliphatic carbocycles. The number of carbonyl (C=O) groups excluding carboxylic acids is 2. The highest BCUT2D eigenvalue weighted by Gasteiger charge is 2.25. The molecule has 1 saturated heterocycles. The van der Waals surface area contributed by atoms with E-state index in [2.05, 4.69) is 15.5 Å². The van der Waals surface area contributed by atoms with E-state index in [1.54, 1.807) is 66.7 Å². The third kappa shape index (κ3) is 6.19. The van der Waals surface area contributed by atoms with E-state index in [4.69, 9.17) is 26.3 Å². The van der Waals surface area contributed by atoms with Crippen LogP contribution in [0.2, 0.25) is 5.02 Å². The van der Waals surface area contributed by atoms with Gasteiger partial charge < -0.3 is 20.3 Å². The number of hydrogen-bond acceptors (Lipinski definition) is 7. The van der Waals surface area contributed by atoms with Crippen molar-refractivity contribution in [1.82, 2.24) is 9.55 Å². The van der Waals surface area contributed by atoms with Gasteiger partial charge in [-0.3, -0.25) is 19.0 Å². The number of aromatic nitrogens is 2. The van der Waals surface area contributed by atoms with E-state index >= 15 is 0 Å². The normalized spacial score (nSPS) is 13.5. The fourth-order valence-corrected chi connectivity index (χ4v) is 5.40. The van der Waals surface area contributed by atoms with E-state index in [0.717, 1.165) is 24.3 Å². The number of ether oxygens (including phenoxy) is 1. The van der Waals surface area contributed by atoms with Gasteiger partial charge in [0.15, 0.2) is 11.5 Å². The van der Waals surface area contributed by atoms with Crippen LogP contribution in [0, 0.1) is 6.92 Å². The summed E-state index contributed by atoms with van der Waals surface area (Å²) in [6.45, 7) is 4.76. The molecule has 2 heterocycles. The Balaban J connectivity index is 1.59. The Morgan fingerprint density at radius 2 is 1.67 bits per heavy atom. The first-order valence-electron chi connectivity index (χ1n) is 14.3. The van der Waals surface area contributed by atoms with E-state index in [1.807, 2.05) is 31.2 Å². The number of nitrogens with one attached hydrogen (secondary N) is 2. The van der Waals surface area contributed by atoms with Crippen molar-refractivity contribution in [2.75, 3.05) is 41.8 Å². The van der Waals surface area contributed by atoms with Gasteiger partial charge in [0.25, 0.3) is 11.5 Å². The van der Waals surface area contributed by atoms with Crippen LogP contribution in [0.15, 0.2) is 101 Å². The van der Waals surface area contributed by atoms with E-state index in [0.29, 0.717) is 47.4 Å². The first-order chi connectivity index (χ1) is 21.9. The smallest absolute Gasteiger partial charge is 0.278 e. The van der Waals surface area contributed by atoms with Gasteiger partial charge in [0.1, 0.15) is 5.52 Å². The Kier molecular flexibility index (Phi) is 8.68. The summed E-state index contributed by atoms with van der Waals surface area (Å²) in [6, 6.07) is 26.5. The van der Waals surface area contributed by atoms with Crippen molar-refractivity contribution in [3.8, 4) is 5.69 Å². The van der Waals surface area contributed by atoms with Gasteiger partial charge >= 0.3 is 0 Å². The van der Waals surface area contributed by atoms with Crippen molar-refractivity contribution in [3.05, 3.63) is 118 Å². The molecule has 10 nitrogen and oxygen atoms in total. The molecule has 0 radical (unpaired) electrons. The van der Waals surface area contributed by atoms with Gasteiger partial charge in [-0.2, -0.15) is 0 Å². The summed E-state index contributed by atoms with van der Waals surface area (Å²) in [5, 5.41) is 6.05. The average Bonchev–Trinajstić information content (AvgIpc) is 3.06. The summed E-state index contributed by atoms with van der Waals surface area (Å²) in [5.74, 6) is -0.642. The fourth-order valence-electron chi connectivity index (χ4n) is 5.21. The molecule has 2 amide bonds. The average molecular weight is 621 g/mol. The molecule has 0 spiro atoms. The summed E-state index contributed by atoms with van der Waals surface area (Å²) in [5.41, 5.74) is 3.18. The van der Waals surface area contributed by atoms with E-state index in [-0.39, 0.29) is 22.4 Å². The summed E-state index contributed by atoms with van der Waals surface area (Å²) < 4.78 is 6.85. The molecule has 45 heavy (non-hydrogen) atoms. The predicted molar refractivity (Wildman–Crippen MR) is 178 cm³/mol. The lowest BCUT2D eigenvalue weighted by Crippen LogP contribution is -2.36. The molecular weight excluding hydrogens is 592 g/mol. The number of halogens is 1. The maximum atomic E-state index is 14.2. The molecule has 2 N–H and O–H groups in total. The number of rotatable bonds is 8. The van der Waals surface area contributed by atoms with Crippen molar-refractivity contribution in [1.29, 1.82) is 0 Å². The van der Waals surface area contributed by atoms with Crippen LogP contribution in [-0.2, 0) is 14.3 Å². The van der Waals surface area contributed by atoms with Crippen LogP contribution in [0.25, 0.3) is 16.6 Å². The number of amides is 2. The Labute approximate surface area is 264 Å². The van der Waals surface area contributed by atoms with Gasteiger partial charge in [0, 0.05) is 18.8 Å². The quantitative estimate of drug-likeness (QED) is 0.174. The first-order valence-corrected chi connectivity index (χ1v) is 14.7. The Morgan fingerprint density at radius 1 is 0.933 bits per heavy atom. The van der Waals surface area contributed by atoms with E-state index in [1.165, 1.54) is 4.57 Å². The van der Waals surface area contributed by atoms with Gasteiger partial charge in [-0.15, -0.1) is 0 Å². The molecule has 0 bridgehead atoms. The van der Waals surface area contributed by atoms with Crippen LogP contribution in [-0.4, -0.2) is 53.9 Å². The van der Waals surface area contributed by atoms with Gasteiger partial charge in [-0.25, -0.2) is 9.98 Å². The zero-order valence-electron chi connectivity index (χ0n) is 24.4. The molecule has 1 fully saturated rings. The molecule has 0 atom stereocenters. The minimum Gasteiger partial charge on any atom is -0.378 e. The topological polar surface area (TPSA) is 118 Å². The molecule has 0 unspecified atom stereocenters. The summed E-state index contributed by atoms with van der Waals surface area (Å²) >= 11 is 6.40. The number of carbonyl (C=O) groups is 2. The lowest BCUT2D eigenvalue weighted by atomic mass is 10.1. The van der Waals surface area contributed by atoms with Crippen molar-refractivity contribution in [2.24, 2.45) is 4.99 Å². The number of morpholine rings is 1. The number of para-hydroxylation sites is 3. The van der Waals surface area contributed by atoms with Crippen molar-refractivity contribution >= 4 is 63.3 Å². The zero-order valence-corrected chi connectivity index (χ0v) is 25.1. The van der Waals surface area contributed by atoms with Gasteiger partial charge in [-0.05, 0) is 67.1 Å². The van der Waals surface area contributed by atoms with Crippen molar-refractivity contribution < 1.29 is 14.3 Å². The third-order valence-corrected chi connectivity index (χ3v) is 7.80. The highest BCUT2D eigenvalue weighted by Crippen LogP contribution is 2.28. The molecule has 1 aliphatic heterocycles. The molecule has 6 rings (SSSR count). The van der Waals surface area contributed by atoms with Crippen LogP contribution >= 0.6 is 11.6 Å². The fraction of sp³-hybridized carbons (Fsp3) is 0.147. The van der Waals surface area contributed by atoms with Crippen LogP contribution in [0.1, 0.15) is 11.4 Å². The molecule has 11 heteroatoms. The number of fused-ring (bicyclic) bond motifs is 1. The van der Waals surface area contributed by atoms with Crippen LogP contribution in [0.4, 0.5) is 22.7 Å². The monoisotopic (exact) mass is 620 g/mol. The summed E-state index contributed by atoms with van der Waals surface area (Å²) in [4.78, 5) is 51.7. The lowest BCUT2D eigenvalue weighted by Gasteiger charge is -2.29. The standard InChI is InChI=1S/C34H29ClN6O4/c1-22-20-24(40-16-18-45-19-17-40)14-15-27(22)37-31(33(43)38-28-12-6-5-11-26(28)35)32-39-30-25(10-7-13-29(30)36-21-42)34(44)41(32)23-8-3-2-4-9-23/h2-15,20-21H,16-19H2,1H3,(H,36,42)(H,38,43)/b37-31-. The minimum absolute atomic E-state index is 0.0138. The molecular formula is C34H29ClN6O4. The maximum Gasteiger partial charge on any atom is 0.278 e. The van der Waals surface area contributed by atoms with Gasteiger partial charge in [-0.1, -0.05) is 48.0 Å². The Morgan fingerprint density at radius 3 is 2.40 bits per heavy atom. The number of benzene rings is 4. The molecule has 5 aromatic rings. The molecule has 226 valence electrons. The molecule has 1 aliphatic rings. The van der Waals surface area contributed by atoms with Gasteiger partial charge in [0.05, 0.1) is 46.4 Å². The molecule has 1 aromatic heterocycles. The number of nitrogens with zero attached hydrogens (tertiary/aromatic N) is 4. The highest BCUT2D eigenvalue weighted by molar-refractivity contribution is 6.49. The summed E-state index contributed by atoms with van der Waals surface area (Å²) in [7, 11) is 0. The largest absolute Gasteiger partial charge is 0.378 e. The van der Waals surface area contributed by atoms with Crippen LogP contribution in [0.5, 0.6) is 0 Å². The van der Waals surface area contributed by atoms with Crippen molar-refractivity contribution in [3.63, 3.8) is 0 Å². The van der Waals surface area contributed by atoms with Crippen LogP contribution in [0.3, 0.4) is 0 Å². The predicted octanol–water partition coefficient (Wildman–Crippen LogP) is 5.51. The van der Waals surface area contributed by atoms with E-state index < -0.39 is 11.5 Å². The number of hydrogen-bond donors (Lipinski definition) is 2. The highest BCUT2D eigenvalue weighted by atomic mass is 35.5. The van der Waals surface area contributed by atoms with Crippen molar-refractivity contribution in [2.45, 2.75) is 6.92 Å². The molecule has 4 aromatic carbocycles. The number of aliphatic imine (C=N–C) groups is 1. The second kappa shape index (κ2) is 13.1. The molecule has 0 saturated carbocycles. The second-order valence-corrected chi connectivity index (χ2v) is 10.7. The maximum absolute atomic E-state index is 14.2. The number of anilines is 3. The first kappa shape index (κ1) is 29.7. The second-order valence-electron chi connectivity index (χ2n) is 10.3. The van der Waals surface area contributed by atoms with Gasteiger partial charge in [0.2, 0.25) is 6.41 Å². The Hall–Kier alpha value is -5.32. The summed E-state index contributed by atoms with van der Waals surface area (Å²) in [6.07, 6.45) is 0.511.